The summed E-state index contributed by atoms with van der Waals surface area (Å²) in [6.07, 6.45) is 6.28. The molecule has 0 aliphatic carbocycles. The molecule has 4 N–H and O–H groups in total. The molecule has 0 fully saturated rings. The predicted octanol–water partition coefficient (Wildman–Crippen LogP) is 3.93. The number of fused-ring (bicyclic) bond motifs is 2. The molecule has 168 valence electrons. The Balaban J connectivity index is 0.000000142. The molecule has 10 heteroatoms. The minimum Gasteiger partial charge on any atom is -0.364 e. The maximum Gasteiger partial charge on any atom is 0.162 e. The van der Waals surface area contributed by atoms with Crippen molar-refractivity contribution in [3.8, 4) is 0 Å². The Morgan fingerprint density at radius 1 is 0.529 bits per heavy atom. The van der Waals surface area contributed by atoms with Crippen LogP contribution in [-0.2, 0) is 13.1 Å². The largest absolute Gasteiger partial charge is 0.364 e. The van der Waals surface area contributed by atoms with E-state index in [-0.39, 0.29) is 0 Å². The minimum atomic E-state index is 0.722. The van der Waals surface area contributed by atoms with Crippen LogP contribution in [0.3, 0.4) is 0 Å². The van der Waals surface area contributed by atoms with E-state index in [1.165, 1.54) is 23.8 Å². The van der Waals surface area contributed by atoms with Crippen molar-refractivity contribution in [3.05, 3.63) is 97.1 Å². The van der Waals surface area contributed by atoms with Crippen LogP contribution in [0.25, 0.3) is 22.3 Å². The summed E-state index contributed by atoms with van der Waals surface area (Å²) in [5.74, 6) is 1.50. The maximum atomic E-state index is 4.19. The molecule has 0 spiro atoms. The number of nitrogens with one attached hydrogen (secondary N) is 4. The quantitative estimate of drug-likeness (QED) is 0.300. The zero-order chi connectivity index (χ0) is 23.0. The Hall–Kier alpha value is -4.86. The molecule has 0 atom stereocenters. The molecule has 6 rings (SSSR count). The molecular weight excluding hydrogens is 428 g/mol. The van der Waals surface area contributed by atoms with Crippen LogP contribution in [0, 0.1) is 0 Å². The van der Waals surface area contributed by atoms with Gasteiger partial charge in [-0.15, -0.1) is 0 Å². The Morgan fingerprint density at radius 2 is 0.971 bits per heavy atom. The van der Waals surface area contributed by atoms with Gasteiger partial charge in [-0.05, 0) is 11.1 Å². The second-order valence-corrected chi connectivity index (χ2v) is 7.32. The van der Waals surface area contributed by atoms with E-state index < -0.39 is 0 Å². The number of H-pyrrole nitrogens is 2. The van der Waals surface area contributed by atoms with Crippen LogP contribution in [-0.4, -0.2) is 39.9 Å². The Labute approximate surface area is 195 Å². The summed E-state index contributed by atoms with van der Waals surface area (Å²) in [5.41, 5.74) is 5.43. The molecule has 34 heavy (non-hydrogen) atoms. The number of aromatic amines is 2. The Bertz CT molecular complexity index is 1350. The van der Waals surface area contributed by atoms with Crippen LogP contribution < -0.4 is 10.6 Å². The first-order valence-electron chi connectivity index (χ1n) is 10.7. The lowest BCUT2D eigenvalue weighted by Crippen LogP contribution is -2.02. The molecule has 0 amide bonds. The number of rotatable bonds is 6. The fraction of sp³-hybridized carbons (Fsp3) is 0.0833. The van der Waals surface area contributed by atoms with Crippen LogP contribution in [0.5, 0.6) is 0 Å². The van der Waals surface area contributed by atoms with Crippen molar-refractivity contribution in [1.82, 2.24) is 39.9 Å². The highest BCUT2D eigenvalue weighted by Gasteiger charge is 2.06. The molecule has 2 aromatic carbocycles. The Kier molecular flexibility index (Phi) is 6.29. The molecule has 0 bridgehead atoms. The maximum absolute atomic E-state index is 4.19. The number of nitrogens with zero attached hydrogens (tertiary/aromatic N) is 6. The SMILES string of the molecule is c1ccc(CNc2ncnc3[nH]cnc23)cc1.c1ccc(CNc2ncnc3[nH]cnc23)cc1. The highest BCUT2D eigenvalue weighted by molar-refractivity contribution is 5.82. The van der Waals surface area contributed by atoms with Gasteiger partial charge < -0.3 is 20.6 Å². The average Bonchev–Trinajstić information content (AvgIpc) is 3.58. The van der Waals surface area contributed by atoms with Gasteiger partial charge >= 0.3 is 0 Å². The Morgan fingerprint density at radius 3 is 1.41 bits per heavy atom. The van der Waals surface area contributed by atoms with Gasteiger partial charge in [0, 0.05) is 13.1 Å². The average molecular weight is 451 g/mol. The van der Waals surface area contributed by atoms with E-state index in [1.807, 2.05) is 36.4 Å². The van der Waals surface area contributed by atoms with Crippen molar-refractivity contribution in [2.45, 2.75) is 13.1 Å². The molecule has 4 aromatic heterocycles. The fourth-order valence-electron chi connectivity index (χ4n) is 3.35. The third-order valence-electron chi connectivity index (χ3n) is 5.04. The predicted molar refractivity (Wildman–Crippen MR) is 131 cm³/mol. The van der Waals surface area contributed by atoms with E-state index in [0.29, 0.717) is 0 Å². The summed E-state index contributed by atoms with van der Waals surface area (Å²) in [6.45, 7) is 1.44. The van der Waals surface area contributed by atoms with E-state index in [0.717, 1.165) is 47.1 Å². The van der Waals surface area contributed by atoms with Crippen molar-refractivity contribution in [2.75, 3.05) is 10.6 Å². The summed E-state index contributed by atoms with van der Waals surface area (Å²) in [5, 5.41) is 6.51. The van der Waals surface area contributed by atoms with E-state index in [9.17, 15) is 0 Å². The highest BCUT2D eigenvalue weighted by Crippen LogP contribution is 2.16. The summed E-state index contributed by atoms with van der Waals surface area (Å²) in [4.78, 5) is 30.8. The number of anilines is 2. The molecule has 0 unspecified atom stereocenters. The van der Waals surface area contributed by atoms with Crippen LogP contribution in [0.1, 0.15) is 11.1 Å². The van der Waals surface area contributed by atoms with Crippen LogP contribution >= 0.6 is 0 Å². The van der Waals surface area contributed by atoms with E-state index in [4.69, 9.17) is 0 Å². The van der Waals surface area contributed by atoms with Crippen LogP contribution in [0.2, 0.25) is 0 Å². The fourth-order valence-corrected chi connectivity index (χ4v) is 3.35. The van der Waals surface area contributed by atoms with Crippen molar-refractivity contribution in [1.29, 1.82) is 0 Å². The van der Waals surface area contributed by atoms with Gasteiger partial charge in [0.15, 0.2) is 22.9 Å². The van der Waals surface area contributed by atoms with Gasteiger partial charge in [-0.25, -0.2) is 29.9 Å². The lowest BCUT2D eigenvalue weighted by molar-refractivity contribution is 1.10. The van der Waals surface area contributed by atoms with Gasteiger partial charge in [-0.1, -0.05) is 60.7 Å². The third-order valence-corrected chi connectivity index (χ3v) is 5.04. The van der Waals surface area contributed by atoms with Crippen LogP contribution in [0.15, 0.2) is 86.0 Å². The van der Waals surface area contributed by atoms with Crippen LogP contribution in [0.4, 0.5) is 11.6 Å². The molecule has 0 saturated carbocycles. The summed E-state index contributed by atoms with van der Waals surface area (Å²) < 4.78 is 0. The van der Waals surface area contributed by atoms with Gasteiger partial charge in [-0.2, -0.15) is 0 Å². The highest BCUT2D eigenvalue weighted by atomic mass is 15.1. The first-order chi connectivity index (χ1) is 16.9. The third kappa shape index (κ3) is 4.96. The molecule has 6 aromatic rings. The summed E-state index contributed by atoms with van der Waals surface area (Å²) in [6, 6.07) is 20.3. The van der Waals surface area contributed by atoms with Gasteiger partial charge in [0.05, 0.1) is 12.7 Å². The summed E-state index contributed by atoms with van der Waals surface area (Å²) >= 11 is 0. The number of imidazole rings is 2. The molecule has 0 saturated heterocycles. The molecule has 10 nitrogen and oxygen atoms in total. The second-order valence-electron chi connectivity index (χ2n) is 7.32. The molecule has 0 aliphatic heterocycles. The molecule has 4 heterocycles. The first-order valence-corrected chi connectivity index (χ1v) is 10.7. The normalized spacial score (nSPS) is 10.6. The zero-order valence-corrected chi connectivity index (χ0v) is 18.2. The van der Waals surface area contributed by atoms with Crippen molar-refractivity contribution in [3.63, 3.8) is 0 Å². The van der Waals surface area contributed by atoms with Crippen molar-refractivity contribution >= 4 is 34.0 Å². The summed E-state index contributed by atoms with van der Waals surface area (Å²) in [7, 11) is 0. The monoisotopic (exact) mass is 450 g/mol. The second kappa shape index (κ2) is 10.2. The standard InChI is InChI=1S/2C12H11N5/c2*1-2-4-9(5-3-1)6-13-11-10-12(15-7-14-10)17-8-16-11/h2*1-5,7-8H,6H2,(H2,13,14,15,16,17). The number of hydrogen-bond acceptors (Lipinski definition) is 8. The van der Waals surface area contributed by atoms with Crippen molar-refractivity contribution in [2.24, 2.45) is 0 Å². The lowest BCUT2D eigenvalue weighted by Gasteiger charge is -2.05. The smallest absolute Gasteiger partial charge is 0.162 e. The molecular formula is C24H22N10. The lowest BCUT2D eigenvalue weighted by atomic mass is 10.2. The van der Waals surface area contributed by atoms with Gasteiger partial charge in [-0.3, -0.25) is 0 Å². The zero-order valence-electron chi connectivity index (χ0n) is 18.2. The van der Waals surface area contributed by atoms with Crippen molar-refractivity contribution < 1.29 is 0 Å². The topological polar surface area (TPSA) is 133 Å². The van der Waals surface area contributed by atoms with E-state index in [2.05, 4.69) is 74.8 Å². The van der Waals surface area contributed by atoms with Gasteiger partial charge in [0.25, 0.3) is 0 Å². The minimum absolute atomic E-state index is 0.722. The van der Waals surface area contributed by atoms with E-state index in [1.54, 1.807) is 12.7 Å². The van der Waals surface area contributed by atoms with Gasteiger partial charge in [0.1, 0.15) is 23.7 Å². The molecule has 0 aliphatic rings. The molecule has 0 radical (unpaired) electrons. The number of hydrogen-bond donors (Lipinski definition) is 4. The number of benzene rings is 2. The number of aromatic nitrogens is 8. The van der Waals surface area contributed by atoms with Gasteiger partial charge in [0.2, 0.25) is 0 Å². The van der Waals surface area contributed by atoms with E-state index >= 15 is 0 Å². The first kappa shape index (κ1) is 21.0.